The Bertz CT molecular complexity index is 203. The summed E-state index contributed by atoms with van der Waals surface area (Å²) in [6, 6.07) is 0.284. The summed E-state index contributed by atoms with van der Waals surface area (Å²) in [5.74, 6) is 0. The van der Waals surface area contributed by atoms with Gasteiger partial charge in [0.2, 0.25) is 0 Å². The van der Waals surface area contributed by atoms with Gasteiger partial charge in [-0.05, 0) is 30.2 Å². The molecule has 1 saturated heterocycles. The first-order valence-electron chi connectivity index (χ1n) is 6.19. The van der Waals surface area contributed by atoms with Crippen molar-refractivity contribution in [2.45, 2.75) is 53.5 Å². The van der Waals surface area contributed by atoms with Gasteiger partial charge in [0.15, 0.2) is 0 Å². The minimum absolute atomic E-state index is 0.224. The number of piperidine rings is 1. The largest absolute Gasteiger partial charge is 0.326 e. The minimum atomic E-state index is 0.224. The van der Waals surface area contributed by atoms with Crippen molar-refractivity contribution in [3.63, 3.8) is 0 Å². The second-order valence-electron chi connectivity index (χ2n) is 6.98. The first-order valence-corrected chi connectivity index (χ1v) is 6.19. The molecule has 15 heavy (non-hydrogen) atoms. The molecule has 1 aliphatic heterocycles. The van der Waals surface area contributed by atoms with Gasteiger partial charge in [0.25, 0.3) is 0 Å². The van der Waals surface area contributed by atoms with Crippen LogP contribution in [0.25, 0.3) is 0 Å². The number of hydrogen-bond donors (Lipinski definition) is 1. The second-order valence-corrected chi connectivity index (χ2v) is 6.98. The summed E-state index contributed by atoms with van der Waals surface area (Å²) in [6.07, 6.45) is 2.68. The Labute approximate surface area is 95.2 Å². The maximum absolute atomic E-state index is 6.23. The standard InChI is InChI=1S/C13H28N2/c1-12(2,3)11(14)9-15-8-6-7-13(4,5)10-15/h11H,6-10,14H2,1-5H3. The van der Waals surface area contributed by atoms with Gasteiger partial charge in [0, 0.05) is 19.1 Å². The molecule has 0 aromatic heterocycles. The summed E-state index contributed by atoms with van der Waals surface area (Å²) in [7, 11) is 0. The lowest BCUT2D eigenvalue weighted by molar-refractivity contribution is 0.0964. The normalized spacial score (nSPS) is 25.2. The maximum Gasteiger partial charge on any atom is 0.0217 e. The molecule has 1 aliphatic rings. The first-order chi connectivity index (χ1) is 6.71. The molecular formula is C13H28N2. The lowest BCUT2D eigenvalue weighted by Crippen LogP contribution is -2.49. The predicted molar refractivity (Wildman–Crippen MR) is 66.9 cm³/mol. The Balaban J connectivity index is 2.45. The molecule has 0 radical (unpaired) electrons. The number of nitrogens with two attached hydrogens (primary N) is 1. The molecule has 2 heteroatoms. The topological polar surface area (TPSA) is 29.3 Å². The van der Waals surface area contributed by atoms with E-state index in [-0.39, 0.29) is 11.5 Å². The molecule has 0 aromatic rings. The van der Waals surface area contributed by atoms with E-state index in [1.165, 1.54) is 25.9 Å². The average molecular weight is 212 g/mol. The molecule has 2 nitrogen and oxygen atoms in total. The highest BCUT2D eigenvalue weighted by molar-refractivity contribution is 4.85. The zero-order valence-electron chi connectivity index (χ0n) is 11.1. The molecule has 1 unspecified atom stereocenters. The van der Waals surface area contributed by atoms with Gasteiger partial charge in [-0.15, -0.1) is 0 Å². The van der Waals surface area contributed by atoms with Crippen molar-refractivity contribution < 1.29 is 0 Å². The number of likely N-dealkylation sites (tertiary alicyclic amines) is 1. The quantitative estimate of drug-likeness (QED) is 0.762. The van der Waals surface area contributed by atoms with E-state index in [9.17, 15) is 0 Å². The van der Waals surface area contributed by atoms with Gasteiger partial charge >= 0.3 is 0 Å². The SMILES string of the molecule is CC1(C)CCCN(CC(N)C(C)(C)C)C1. The van der Waals surface area contributed by atoms with E-state index in [4.69, 9.17) is 5.73 Å². The Kier molecular flexibility index (Phi) is 3.83. The molecule has 1 atom stereocenters. The first kappa shape index (κ1) is 13.0. The molecule has 1 fully saturated rings. The Morgan fingerprint density at radius 3 is 2.40 bits per heavy atom. The van der Waals surface area contributed by atoms with Crippen LogP contribution < -0.4 is 5.73 Å². The van der Waals surface area contributed by atoms with Crippen LogP contribution in [0.1, 0.15) is 47.5 Å². The average Bonchev–Trinajstić information content (AvgIpc) is 2.00. The fourth-order valence-electron chi connectivity index (χ4n) is 2.25. The van der Waals surface area contributed by atoms with Crippen LogP contribution >= 0.6 is 0 Å². The lowest BCUT2D eigenvalue weighted by Gasteiger charge is -2.41. The minimum Gasteiger partial charge on any atom is -0.326 e. The van der Waals surface area contributed by atoms with Gasteiger partial charge in [-0.1, -0.05) is 34.6 Å². The van der Waals surface area contributed by atoms with Crippen LogP contribution in [-0.2, 0) is 0 Å². The van der Waals surface area contributed by atoms with Gasteiger partial charge < -0.3 is 10.6 Å². The molecule has 0 amide bonds. The molecule has 0 aliphatic carbocycles. The molecule has 0 bridgehead atoms. The van der Waals surface area contributed by atoms with Crippen molar-refractivity contribution in [1.82, 2.24) is 4.90 Å². The Hall–Kier alpha value is -0.0800. The number of rotatable bonds is 2. The van der Waals surface area contributed by atoms with Gasteiger partial charge in [-0.25, -0.2) is 0 Å². The van der Waals surface area contributed by atoms with E-state index >= 15 is 0 Å². The fourth-order valence-corrected chi connectivity index (χ4v) is 2.25. The van der Waals surface area contributed by atoms with Crippen molar-refractivity contribution in [3.8, 4) is 0 Å². The summed E-state index contributed by atoms with van der Waals surface area (Å²) >= 11 is 0. The molecule has 1 rings (SSSR count). The molecule has 0 saturated carbocycles. The monoisotopic (exact) mass is 212 g/mol. The highest BCUT2D eigenvalue weighted by Gasteiger charge is 2.29. The van der Waals surface area contributed by atoms with E-state index in [0.29, 0.717) is 5.41 Å². The van der Waals surface area contributed by atoms with Crippen LogP contribution in [-0.4, -0.2) is 30.6 Å². The van der Waals surface area contributed by atoms with E-state index in [2.05, 4.69) is 39.5 Å². The molecule has 2 N–H and O–H groups in total. The molecule has 0 aromatic carbocycles. The third-order valence-corrected chi connectivity index (χ3v) is 3.55. The highest BCUT2D eigenvalue weighted by atomic mass is 15.1. The lowest BCUT2D eigenvalue weighted by atomic mass is 9.82. The van der Waals surface area contributed by atoms with Crippen LogP contribution in [0.2, 0.25) is 0 Å². The van der Waals surface area contributed by atoms with E-state index < -0.39 is 0 Å². The van der Waals surface area contributed by atoms with Crippen molar-refractivity contribution in [2.75, 3.05) is 19.6 Å². The summed E-state index contributed by atoms with van der Waals surface area (Å²) in [4.78, 5) is 2.54. The maximum atomic E-state index is 6.23. The van der Waals surface area contributed by atoms with Gasteiger partial charge in [0.1, 0.15) is 0 Å². The van der Waals surface area contributed by atoms with Crippen LogP contribution in [0.4, 0.5) is 0 Å². The molecule has 1 heterocycles. The van der Waals surface area contributed by atoms with E-state index in [0.717, 1.165) is 6.54 Å². The van der Waals surface area contributed by atoms with Crippen molar-refractivity contribution >= 4 is 0 Å². The van der Waals surface area contributed by atoms with Crippen LogP contribution in [0.5, 0.6) is 0 Å². The Morgan fingerprint density at radius 2 is 1.93 bits per heavy atom. The van der Waals surface area contributed by atoms with Crippen molar-refractivity contribution in [2.24, 2.45) is 16.6 Å². The predicted octanol–water partition coefficient (Wildman–Crippen LogP) is 2.48. The summed E-state index contributed by atoms with van der Waals surface area (Å²) in [5.41, 5.74) is 6.93. The zero-order valence-corrected chi connectivity index (χ0v) is 11.1. The summed E-state index contributed by atoms with van der Waals surface area (Å²) in [5, 5.41) is 0. The molecule has 90 valence electrons. The van der Waals surface area contributed by atoms with Gasteiger partial charge in [0.05, 0.1) is 0 Å². The molecular weight excluding hydrogens is 184 g/mol. The van der Waals surface area contributed by atoms with Crippen molar-refractivity contribution in [3.05, 3.63) is 0 Å². The smallest absolute Gasteiger partial charge is 0.0217 e. The van der Waals surface area contributed by atoms with Gasteiger partial charge in [-0.2, -0.15) is 0 Å². The van der Waals surface area contributed by atoms with Crippen LogP contribution in [0.15, 0.2) is 0 Å². The van der Waals surface area contributed by atoms with Crippen molar-refractivity contribution in [1.29, 1.82) is 0 Å². The Morgan fingerprint density at radius 1 is 1.33 bits per heavy atom. The van der Waals surface area contributed by atoms with E-state index in [1.807, 2.05) is 0 Å². The fraction of sp³-hybridized carbons (Fsp3) is 1.00. The summed E-state index contributed by atoms with van der Waals surface area (Å²) < 4.78 is 0. The van der Waals surface area contributed by atoms with Crippen LogP contribution in [0.3, 0.4) is 0 Å². The third-order valence-electron chi connectivity index (χ3n) is 3.55. The highest BCUT2D eigenvalue weighted by Crippen LogP contribution is 2.29. The zero-order chi connectivity index (χ0) is 11.7. The van der Waals surface area contributed by atoms with E-state index in [1.54, 1.807) is 0 Å². The third kappa shape index (κ3) is 4.12. The van der Waals surface area contributed by atoms with Crippen LogP contribution in [0, 0.1) is 10.8 Å². The summed E-state index contributed by atoms with van der Waals surface area (Å²) in [6.45, 7) is 14.9. The van der Waals surface area contributed by atoms with Gasteiger partial charge in [-0.3, -0.25) is 0 Å². The number of nitrogens with zero attached hydrogens (tertiary/aromatic N) is 1. The number of hydrogen-bond acceptors (Lipinski definition) is 2. The molecule has 0 spiro atoms. The second kappa shape index (κ2) is 4.42.